The minimum absolute atomic E-state index is 0.148. The van der Waals surface area contributed by atoms with Crippen molar-refractivity contribution >= 4 is 10.0 Å². The molecule has 0 spiro atoms. The highest BCUT2D eigenvalue weighted by atomic mass is 32.2. The Balaban J connectivity index is 2.99. The van der Waals surface area contributed by atoms with E-state index in [1.807, 2.05) is 0 Å². The van der Waals surface area contributed by atoms with Crippen molar-refractivity contribution in [3.8, 4) is 0 Å². The Morgan fingerprint density at radius 1 is 1.25 bits per heavy atom. The van der Waals surface area contributed by atoms with Gasteiger partial charge in [-0.25, -0.2) is 13.1 Å². The van der Waals surface area contributed by atoms with E-state index in [9.17, 15) is 21.6 Å². The summed E-state index contributed by atoms with van der Waals surface area (Å²) in [7, 11) is -3.95. The molecule has 0 fully saturated rings. The van der Waals surface area contributed by atoms with E-state index in [2.05, 4.69) is 4.72 Å². The zero-order valence-electron chi connectivity index (χ0n) is 11.0. The molecule has 0 aliphatic carbocycles. The number of halogens is 3. The maximum absolute atomic E-state index is 12.6. The molecule has 0 amide bonds. The molecule has 0 saturated carbocycles. The lowest BCUT2D eigenvalue weighted by molar-refractivity contribution is -0.137. The molecule has 4 nitrogen and oxygen atoms in total. The van der Waals surface area contributed by atoms with Gasteiger partial charge in [-0.15, -0.1) is 0 Å². The summed E-state index contributed by atoms with van der Waals surface area (Å²) < 4.78 is 64.1. The van der Waals surface area contributed by atoms with Gasteiger partial charge in [0.1, 0.15) is 0 Å². The summed E-state index contributed by atoms with van der Waals surface area (Å²) in [6.07, 6.45) is -3.39. The van der Waals surface area contributed by atoms with Gasteiger partial charge in [-0.3, -0.25) is 0 Å². The zero-order chi connectivity index (χ0) is 15.4. The number of rotatable bonds is 6. The van der Waals surface area contributed by atoms with Crippen LogP contribution in [0.1, 0.15) is 24.0 Å². The van der Waals surface area contributed by atoms with E-state index in [0.717, 1.165) is 12.1 Å². The second kappa shape index (κ2) is 6.55. The van der Waals surface area contributed by atoms with Gasteiger partial charge < -0.3 is 5.73 Å². The molecule has 0 aliphatic heterocycles. The predicted octanol–water partition coefficient (Wildman–Crippen LogP) is 2.03. The fourth-order valence-electron chi connectivity index (χ4n) is 1.62. The van der Waals surface area contributed by atoms with Crippen LogP contribution in [0.3, 0.4) is 0 Å². The van der Waals surface area contributed by atoms with Crippen LogP contribution < -0.4 is 10.5 Å². The zero-order valence-corrected chi connectivity index (χ0v) is 11.8. The average molecular weight is 310 g/mol. The third-order valence-corrected chi connectivity index (χ3v) is 4.33. The molecule has 1 aromatic carbocycles. The van der Waals surface area contributed by atoms with Crippen molar-refractivity contribution in [1.29, 1.82) is 0 Å². The van der Waals surface area contributed by atoms with Gasteiger partial charge in [-0.2, -0.15) is 13.2 Å². The molecule has 0 bridgehead atoms. The fourth-order valence-corrected chi connectivity index (χ4v) is 2.96. The second-order valence-electron chi connectivity index (χ2n) is 4.37. The molecule has 8 heteroatoms. The standard InChI is InChI=1S/C12H17F3N2O2S/c1-9-4-5-10(12(13,14)15)8-11(9)20(18,19)17-7-3-2-6-16/h4-5,8,17H,2-3,6-7,16H2,1H3. The predicted molar refractivity (Wildman–Crippen MR) is 69.7 cm³/mol. The summed E-state index contributed by atoms with van der Waals surface area (Å²) in [6.45, 7) is 2.04. The van der Waals surface area contributed by atoms with Crippen LogP contribution in [0.2, 0.25) is 0 Å². The normalized spacial score (nSPS) is 12.7. The molecule has 0 heterocycles. The first-order valence-electron chi connectivity index (χ1n) is 6.06. The lowest BCUT2D eigenvalue weighted by atomic mass is 10.1. The molecule has 1 rings (SSSR count). The van der Waals surface area contributed by atoms with E-state index >= 15 is 0 Å². The summed E-state index contributed by atoms with van der Waals surface area (Å²) in [4.78, 5) is -0.347. The molecule has 0 atom stereocenters. The summed E-state index contributed by atoms with van der Waals surface area (Å²) in [5.74, 6) is 0. The van der Waals surface area contributed by atoms with Crippen LogP contribution in [0.15, 0.2) is 23.1 Å². The Labute approximate surface area is 116 Å². The molecular formula is C12H17F3N2O2S. The summed E-state index contributed by atoms with van der Waals surface area (Å²) >= 11 is 0. The number of nitrogens with one attached hydrogen (secondary N) is 1. The van der Waals surface area contributed by atoms with Crippen LogP contribution in [0.4, 0.5) is 13.2 Å². The summed E-state index contributed by atoms with van der Waals surface area (Å²) in [5, 5.41) is 0. The van der Waals surface area contributed by atoms with Crippen LogP contribution in [-0.2, 0) is 16.2 Å². The largest absolute Gasteiger partial charge is 0.416 e. The molecule has 20 heavy (non-hydrogen) atoms. The van der Waals surface area contributed by atoms with Crippen molar-refractivity contribution in [2.45, 2.75) is 30.8 Å². The van der Waals surface area contributed by atoms with Gasteiger partial charge in [0.05, 0.1) is 10.5 Å². The molecule has 0 aliphatic rings. The van der Waals surface area contributed by atoms with Gasteiger partial charge in [-0.1, -0.05) is 6.07 Å². The highest BCUT2D eigenvalue weighted by Gasteiger charge is 2.32. The molecule has 0 radical (unpaired) electrons. The highest BCUT2D eigenvalue weighted by molar-refractivity contribution is 7.89. The smallest absolute Gasteiger partial charge is 0.330 e. The van der Waals surface area contributed by atoms with Crippen molar-refractivity contribution < 1.29 is 21.6 Å². The van der Waals surface area contributed by atoms with Crippen LogP contribution >= 0.6 is 0 Å². The number of benzene rings is 1. The Kier molecular flexibility index (Phi) is 5.55. The minimum atomic E-state index is -4.57. The SMILES string of the molecule is Cc1ccc(C(F)(F)F)cc1S(=O)(=O)NCCCCN. The van der Waals surface area contributed by atoms with Crippen LogP contribution in [-0.4, -0.2) is 21.5 Å². The van der Waals surface area contributed by atoms with Crippen molar-refractivity contribution in [1.82, 2.24) is 4.72 Å². The Hall–Kier alpha value is -1.12. The average Bonchev–Trinajstić information content (AvgIpc) is 2.33. The van der Waals surface area contributed by atoms with Crippen LogP contribution in [0, 0.1) is 6.92 Å². The topological polar surface area (TPSA) is 72.2 Å². The van der Waals surface area contributed by atoms with E-state index in [-0.39, 0.29) is 17.0 Å². The molecule has 1 aromatic rings. The van der Waals surface area contributed by atoms with Crippen LogP contribution in [0.25, 0.3) is 0 Å². The maximum Gasteiger partial charge on any atom is 0.416 e. The molecule has 0 saturated heterocycles. The molecule has 0 aromatic heterocycles. The molecule has 114 valence electrons. The Morgan fingerprint density at radius 2 is 1.90 bits per heavy atom. The third-order valence-electron chi connectivity index (χ3n) is 2.73. The van der Waals surface area contributed by atoms with Crippen molar-refractivity contribution in [2.75, 3.05) is 13.1 Å². The fraction of sp³-hybridized carbons (Fsp3) is 0.500. The van der Waals surface area contributed by atoms with Crippen molar-refractivity contribution in [3.63, 3.8) is 0 Å². The van der Waals surface area contributed by atoms with Gasteiger partial charge in [0.15, 0.2) is 0 Å². The van der Waals surface area contributed by atoms with Crippen molar-refractivity contribution in [3.05, 3.63) is 29.3 Å². The van der Waals surface area contributed by atoms with E-state index in [1.165, 1.54) is 6.92 Å². The number of hydrogen-bond donors (Lipinski definition) is 2. The first kappa shape index (κ1) is 16.9. The summed E-state index contributed by atoms with van der Waals surface area (Å²) in [6, 6.07) is 2.67. The molecule has 3 N–H and O–H groups in total. The van der Waals surface area contributed by atoms with E-state index < -0.39 is 21.8 Å². The van der Waals surface area contributed by atoms with Crippen LogP contribution in [0.5, 0.6) is 0 Å². The van der Waals surface area contributed by atoms with E-state index in [1.54, 1.807) is 0 Å². The van der Waals surface area contributed by atoms with E-state index in [0.29, 0.717) is 25.5 Å². The highest BCUT2D eigenvalue weighted by Crippen LogP contribution is 2.31. The Bertz CT molecular complexity index is 556. The van der Waals surface area contributed by atoms with Crippen molar-refractivity contribution in [2.24, 2.45) is 5.73 Å². The molecular weight excluding hydrogens is 293 g/mol. The first-order chi connectivity index (χ1) is 9.18. The third kappa shape index (κ3) is 4.46. The second-order valence-corrected chi connectivity index (χ2v) is 6.11. The van der Waals surface area contributed by atoms with Gasteiger partial charge in [0.2, 0.25) is 10.0 Å². The number of hydrogen-bond acceptors (Lipinski definition) is 3. The summed E-state index contributed by atoms with van der Waals surface area (Å²) in [5.41, 5.74) is 4.57. The lowest BCUT2D eigenvalue weighted by Crippen LogP contribution is -2.26. The first-order valence-corrected chi connectivity index (χ1v) is 7.54. The van der Waals surface area contributed by atoms with Gasteiger partial charge in [-0.05, 0) is 44.0 Å². The van der Waals surface area contributed by atoms with Gasteiger partial charge in [0, 0.05) is 6.54 Å². The van der Waals surface area contributed by atoms with E-state index in [4.69, 9.17) is 5.73 Å². The van der Waals surface area contributed by atoms with Gasteiger partial charge in [0.25, 0.3) is 0 Å². The minimum Gasteiger partial charge on any atom is -0.330 e. The number of sulfonamides is 1. The number of unbranched alkanes of at least 4 members (excludes halogenated alkanes) is 1. The maximum atomic E-state index is 12.6. The van der Waals surface area contributed by atoms with Gasteiger partial charge >= 0.3 is 6.18 Å². The quantitative estimate of drug-likeness (QED) is 0.790. The molecule has 0 unspecified atom stereocenters. The lowest BCUT2D eigenvalue weighted by Gasteiger charge is -2.12. The number of alkyl halides is 3. The number of nitrogens with two attached hydrogens (primary N) is 1. The Morgan fingerprint density at radius 3 is 2.45 bits per heavy atom. The monoisotopic (exact) mass is 310 g/mol. The number of aryl methyl sites for hydroxylation is 1.